The van der Waals surface area contributed by atoms with Crippen LogP contribution in [0.5, 0.6) is 0 Å². The van der Waals surface area contributed by atoms with Crippen molar-refractivity contribution in [2.24, 2.45) is 0 Å². The van der Waals surface area contributed by atoms with E-state index in [9.17, 15) is 0 Å². The van der Waals surface area contributed by atoms with E-state index in [0.717, 1.165) is 6.54 Å². The van der Waals surface area contributed by atoms with E-state index >= 15 is 0 Å². The highest BCUT2D eigenvalue weighted by Crippen LogP contribution is 2.18. The Morgan fingerprint density at radius 2 is 1.88 bits per heavy atom. The van der Waals surface area contributed by atoms with Crippen LogP contribution in [0.25, 0.3) is 0 Å². The molecule has 1 aliphatic heterocycles. The predicted octanol–water partition coefficient (Wildman–Crippen LogP) is 1.79. The van der Waals surface area contributed by atoms with Crippen LogP contribution in [0.15, 0.2) is 0 Å². The van der Waals surface area contributed by atoms with Gasteiger partial charge in [0.15, 0.2) is 0 Å². The standard InChI is InChI=1S/C14H31N3/c1-13(2)15-8-6-7-9-17-11-10-16(5)14(3,4)12-17/h13,15H,6-12H2,1-5H3. The van der Waals surface area contributed by atoms with Crippen molar-refractivity contribution < 1.29 is 0 Å². The Bertz CT molecular complexity index is 214. The second-order valence-electron chi connectivity index (χ2n) is 6.33. The monoisotopic (exact) mass is 241 g/mol. The number of unbranched alkanes of at least 4 members (excludes halogenated alkanes) is 1. The molecule has 1 heterocycles. The molecule has 0 atom stereocenters. The Hall–Kier alpha value is -0.120. The fraction of sp³-hybridized carbons (Fsp3) is 1.00. The summed E-state index contributed by atoms with van der Waals surface area (Å²) < 4.78 is 0. The highest BCUT2D eigenvalue weighted by Gasteiger charge is 2.30. The van der Waals surface area contributed by atoms with Crippen LogP contribution in [0.1, 0.15) is 40.5 Å². The Morgan fingerprint density at radius 3 is 2.47 bits per heavy atom. The smallest absolute Gasteiger partial charge is 0.0277 e. The van der Waals surface area contributed by atoms with E-state index in [-0.39, 0.29) is 0 Å². The molecule has 1 aliphatic rings. The van der Waals surface area contributed by atoms with Crippen molar-refractivity contribution in [1.29, 1.82) is 0 Å². The second kappa shape index (κ2) is 6.72. The van der Waals surface area contributed by atoms with E-state index in [1.165, 1.54) is 39.0 Å². The Labute approximate surface area is 108 Å². The van der Waals surface area contributed by atoms with Gasteiger partial charge in [-0.25, -0.2) is 0 Å². The maximum absolute atomic E-state index is 3.48. The van der Waals surface area contributed by atoms with Crippen LogP contribution >= 0.6 is 0 Å². The molecule has 3 heteroatoms. The molecular weight excluding hydrogens is 210 g/mol. The van der Waals surface area contributed by atoms with Gasteiger partial charge >= 0.3 is 0 Å². The number of nitrogens with one attached hydrogen (secondary N) is 1. The summed E-state index contributed by atoms with van der Waals surface area (Å²) >= 11 is 0. The van der Waals surface area contributed by atoms with Gasteiger partial charge in [-0.3, -0.25) is 4.90 Å². The van der Waals surface area contributed by atoms with Gasteiger partial charge in [-0.2, -0.15) is 0 Å². The zero-order chi connectivity index (χ0) is 12.9. The highest BCUT2D eigenvalue weighted by atomic mass is 15.3. The van der Waals surface area contributed by atoms with Crippen molar-refractivity contribution in [3.63, 3.8) is 0 Å². The van der Waals surface area contributed by atoms with Crippen molar-refractivity contribution in [3.05, 3.63) is 0 Å². The summed E-state index contributed by atoms with van der Waals surface area (Å²) in [6.07, 6.45) is 2.62. The summed E-state index contributed by atoms with van der Waals surface area (Å²) in [5, 5.41) is 3.48. The summed E-state index contributed by atoms with van der Waals surface area (Å²) in [7, 11) is 2.24. The van der Waals surface area contributed by atoms with Crippen LogP contribution in [0.3, 0.4) is 0 Å². The molecule has 0 saturated carbocycles. The lowest BCUT2D eigenvalue weighted by molar-refractivity contribution is 0.0393. The fourth-order valence-corrected chi connectivity index (χ4v) is 2.38. The Balaban J connectivity index is 2.12. The zero-order valence-electron chi connectivity index (χ0n) is 12.4. The van der Waals surface area contributed by atoms with Gasteiger partial charge in [0.2, 0.25) is 0 Å². The first-order chi connectivity index (χ1) is 7.92. The van der Waals surface area contributed by atoms with Gasteiger partial charge in [0, 0.05) is 31.2 Å². The van der Waals surface area contributed by atoms with Crippen LogP contribution in [0, 0.1) is 0 Å². The van der Waals surface area contributed by atoms with E-state index in [1.807, 2.05) is 0 Å². The quantitative estimate of drug-likeness (QED) is 0.715. The molecule has 0 amide bonds. The number of nitrogens with zero attached hydrogens (tertiary/aromatic N) is 2. The molecule has 0 bridgehead atoms. The molecule has 0 spiro atoms. The van der Waals surface area contributed by atoms with E-state index in [4.69, 9.17) is 0 Å². The average molecular weight is 241 g/mol. The van der Waals surface area contributed by atoms with Crippen LogP contribution in [-0.4, -0.2) is 61.2 Å². The van der Waals surface area contributed by atoms with Crippen molar-refractivity contribution in [2.45, 2.75) is 52.1 Å². The largest absolute Gasteiger partial charge is 0.315 e. The number of hydrogen-bond acceptors (Lipinski definition) is 3. The lowest BCUT2D eigenvalue weighted by Crippen LogP contribution is -2.57. The maximum Gasteiger partial charge on any atom is 0.0277 e. The topological polar surface area (TPSA) is 18.5 Å². The predicted molar refractivity (Wildman–Crippen MR) is 75.5 cm³/mol. The van der Waals surface area contributed by atoms with E-state index < -0.39 is 0 Å². The van der Waals surface area contributed by atoms with Crippen LogP contribution in [0.4, 0.5) is 0 Å². The molecule has 1 N–H and O–H groups in total. The SMILES string of the molecule is CC(C)NCCCCN1CCN(C)C(C)(C)C1. The fourth-order valence-electron chi connectivity index (χ4n) is 2.38. The number of rotatable bonds is 6. The third-order valence-electron chi connectivity index (χ3n) is 3.85. The molecule has 0 radical (unpaired) electrons. The van der Waals surface area contributed by atoms with Gasteiger partial charge in [0.1, 0.15) is 0 Å². The second-order valence-corrected chi connectivity index (χ2v) is 6.33. The first kappa shape index (κ1) is 14.9. The molecule has 102 valence electrons. The average Bonchev–Trinajstić information content (AvgIpc) is 2.22. The normalized spacial score (nSPS) is 22.2. The lowest BCUT2D eigenvalue weighted by Gasteiger charge is -2.45. The van der Waals surface area contributed by atoms with Gasteiger partial charge in [0.25, 0.3) is 0 Å². The molecular formula is C14H31N3. The van der Waals surface area contributed by atoms with Crippen LogP contribution < -0.4 is 5.32 Å². The molecule has 1 rings (SSSR count). The third-order valence-corrected chi connectivity index (χ3v) is 3.85. The van der Waals surface area contributed by atoms with Gasteiger partial charge < -0.3 is 10.2 Å². The summed E-state index contributed by atoms with van der Waals surface area (Å²) in [4.78, 5) is 5.10. The Kier molecular flexibility index (Phi) is 5.90. The molecule has 0 unspecified atom stereocenters. The molecule has 0 aliphatic carbocycles. The lowest BCUT2D eigenvalue weighted by atomic mass is 9.99. The maximum atomic E-state index is 3.48. The summed E-state index contributed by atoms with van der Waals surface area (Å²) in [5.74, 6) is 0. The number of hydrogen-bond donors (Lipinski definition) is 1. The van der Waals surface area contributed by atoms with Crippen molar-refractivity contribution >= 4 is 0 Å². The molecule has 3 nitrogen and oxygen atoms in total. The van der Waals surface area contributed by atoms with Crippen molar-refractivity contribution in [2.75, 3.05) is 39.8 Å². The van der Waals surface area contributed by atoms with E-state index in [2.05, 4.69) is 49.9 Å². The number of likely N-dealkylation sites (N-methyl/N-ethyl adjacent to an activating group) is 1. The van der Waals surface area contributed by atoms with E-state index in [1.54, 1.807) is 0 Å². The summed E-state index contributed by atoms with van der Waals surface area (Å²) in [6.45, 7) is 15.2. The minimum atomic E-state index is 0.342. The van der Waals surface area contributed by atoms with Crippen LogP contribution in [0.2, 0.25) is 0 Å². The molecule has 17 heavy (non-hydrogen) atoms. The third kappa shape index (κ3) is 5.36. The summed E-state index contributed by atoms with van der Waals surface area (Å²) in [5.41, 5.74) is 0.342. The van der Waals surface area contributed by atoms with E-state index in [0.29, 0.717) is 11.6 Å². The van der Waals surface area contributed by atoms with Gasteiger partial charge in [-0.1, -0.05) is 13.8 Å². The molecule has 0 aromatic rings. The van der Waals surface area contributed by atoms with Gasteiger partial charge in [0.05, 0.1) is 0 Å². The Morgan fingerprint density at radius 1 is 1.18 bits per heavy atom. The first-order valence-corrected chi connectivity index (χ1v) is 7.09. The molecule has 0 aromatic heterocycles. The van der Waals surface area contributed by atoms with Gasteiger partial charge in [-0.15, -0.1) is 0 Å². The highest BCUT2D eigenvalue weighted by molar-refractivity contribution is 4.87. The van der Waals surface area contributed by atoms with Gasteiger partial charge in [-0.05, 0) is 46.8 Å². The summed E-state index contributed by atoms with van der Waals surface area (Å²) in [6, 6.07) is 0.623. The molecule has 1 saturated heterocycles. The minimum Gasteiger partial charge on any atom is -0.315 e. The first-order valence-electron chi connectivity index (χ1n) is 7.09. The minimum absolute atomic E-state index is 0.342. The van der Waals surface area contributed by atoms with Crippen LogP contribution in [-0.2, 0) is 0 Å². The molecule has 1 fully saturated rings. The molecule has 0 aromatic carbocycles. The zero-order valence-corrected chi connectivity index (χ0v) is 12.4. The number of piperazine rings is 1. The van der Waals surface area contributed by atoms with Crippen molar-refractivity contribution in [1.82, 2.24) is 15.1 Å². The van der Waals surface area contributed by atoms with Crippen molar-refractivity contribution in [3.8, 4) is 0 Å².